The second-order valence-corrected chi connectivity index (χ2v) is 10.6. The fourth-order valence-electron chi connectivity index (χ4n) is 4.73. The van der Waals surface area contributed by atoms with E-state index in [9.17, 15) is 8.42 Å². The first kappa shape index (κ1) is 21.4. The number of benzene rings is 2. The predicted molar refractivity (Wildman–Crippen MR) is 122 cm³/mol. The number of piperidine rings is 1. The van der Waals surface area contributed by atoms with Gasteiger partial charge in [0, 0.05) is 41.7 Å². The average molecular weight is 474 g/mol. The van der Waals surface area contributed by atoms with Crippen LogP contribution < -0.4 is 9.46 Å². The highest BCUT2D eigenvalue weighted by atomic mass is 32.2. The van der Waals surface area contributed by atoms with E-state index in [1.807, 2.05) is 18.2 Å². The summed E-state index contributed by atoms with van der Waals surface area (Å²) in [5.41, 5.74) is 1.97. The Bertz CT molecular complexity index is 1190. The smallest absolute Gasteiger partial charge is 0.266 e. The van der Waals surface area contributed by atoms with Crippen LogP contribution in [0.4, 0.5) is 9.52 Å². The Hall–Kier alpha value is -2.49. The Morgan fingerprint density at radius 2 is 1.97 bits per heavy atom. The van der Waals surface area contributed by atoms with Crippen LogP contribution in [0, 0.1) is 5.82 Å². The minimum Gasteiger partial charge on any atom is -0.493 e. The highest BCUT2D eigenvalue weighted by molar-refractivity contribution is 7.93. The molecule has 6 nitrogen and oxygen atoms in total. The monoisotopic (exact) mass is 473 g/mol. The van der Waals surface area contributed by atoms with E-state index in [0.717, 1.165) is 43.6 Å². The Morgan fingerprint density at radius 1 is 1.12 bits per heavy atom. The van der Waals surface area contributed by atoms with E-state index in [-0.39, 0.29) is 17.2 Å². The van der Waals surface area contributed by atoms with Crippen LogP contribution in [0.2, 0.25) is 0 Å². The van der Waals surface area contributed by atoms with Gasteiger partial charge < -0.3 is 4.74 Å². The maximum Gasteiger partial charge on any atom is 0.266 e. The van der Waals surface area contributed by atoms with Gasteiger partial charge in [-0.25, -0.2) is 17.8 Å². The molecule has 2 aliphatic heterocycles. The largest absolute Gasteiger partial charge is 0.493 e. The number of hydrogen-bond acceptors (Lipinski definition) is 6. The maximum absolute atomic E-state index is 15.2. The van der Waals surface area contributed by atoms with Crippen LogP contribution in [0.3, 0.4) is 0 Å². The van der Waals surface area contributed by atoms with Crippen molar-refractivity contribution in [2.24, 2.45) is 0 Å². The fraction of sp³-hybridized carbons (Fsp3) is 0.348. The predicted octanol–water partition coefficient (Wildman–Crippen LogP) is 5.13. The number of sulfonamides is 1. The quantitative estimate of drug-likeness (QED) is 0.556. The number of nitrogens with one attached hydrogen (secondary N) is 1. The second kappa shape index (κ2) is 8.80. The molecule has 1 aromatic heterocycles. The second-order valence-electron chi connectivity index (χ2n) is 8.08. The molecule has 0 saturated carbocycles. The lowest BCUT2D eigenvalue weighted by Crippen LogP contribution is -2.39. The van der Waals surface area contributed by atoms with Crippen molar-refractivity contribution in [3.05, 3.63) is 71.0 Å². The molecule has 9 heteroatoms. The van der Waals surface area contributed by atoms with Crippen molar-refractivity contribution in [1.29, 1.82) is 0 Å². The van der Waals surface area contributed by atoms with Gasteiger partial charge in [0.1, 0.15) is 16.5 Å². The Labute approximate surface area is 191 Å². The van der Waals surface area contributed by atoms with Crippen molar-refractivity contribution in [2.45, 2.75) is 42.7 Å². The number of anilines is 1. The van der Waals surface area contributed by atoms with Crippen molar-refractivity contribution in [1.82, 2.24) is 9.88 Å². The zero-order valence-corrected chi connectivity index (χ0v) is 19.0. The fourth-order valence-corrected chi connectivity index (χ4v) is 6.59. The van der Waals surface area contributed by atoms with E-state index in [1.165, 1.54) is 23.9 Å². The highest BCUT2D eigenvalue weighted by Crippen LogP contribution is 2.44. The average Bonchev–Trinajstić information content (AvgIpc) is 3.31. The van der Waals surface area contributed by atoms with Crippen LogP contribution in [0.15, 0.2) is 58.9 Å². The molecule has 5 rings (SSSR count). The molecule has 2 atom stereocenters. The van der Waals surface area contributed by atoms with Gasteiger partial charge in [0.25, 0.3) is 10.0 Å². The summed E-state index contributed by atoms with van der Waals surface area (Å²) < 4.78 is 48.9. The molecule has 0 amide bonds. The summed E-state index contributed by atoms with van der Waals surface area (Å²) in [7, 11) is -4.11. The molecule has 2 aliphatic rings. The minimum absolute atomic E-state index is 0.0255. The number of hydrogen-bond donors (Lipinski definition) is 1. The van der Waals surface area contributed by atoms with Crippen LogP contribution in [-0.2, 0) is 10.0 Å². The first-order valence-electron chi connectivity index (χ1n) is 10.7. The molecule has 0 bridgehead atoms. The number of thiazole rings is 1. The van der Waals surface area contributed by atoms with Crippen molar-refractivity contribution in [2.75, 3.05) is 17.9 Å². The lowest BCUT2D eigenvalue weighted by atomic mass is 9.89. The molecule has 1 saturated heterocycles. The summed E-state index contributed by atoms with van der Waals surface area (Å²) >= 11 is 1.13. The van der Waals surface area contributed by atoms with Crippen LogP contribution >= 0.6 is 11.3 Å². The van der Waals surface area contributed by atoms with Crippen LogP contribution in [0.1, 0.15) is 48.9 Å². The highest BCUT2D eigenvalue weighted by Gasteiger charge is 2.35. The van der Waals surface area contributed by atoms with Gasteiger partial charge in [-0.2, -0.15) is 0 Å². The number of fused-ring (bicyclic) bond motifs is 1. The van der Waals surface area contributed by atoms with E-state index in [1.54, 1.807) is 5.38 Å². The molecule has 32 heavy (non-hydrogen) atoms. The summed E-state index contributed by atoms with van der Waals surface area (Å²) in [5.74, 6) is -0.351. The molecule has 0 spiro atoms. The number of ether oxygens (including phenoxy) is 1. The first-order chi connectivity index (χ1) is 15.5. The zero-order valence-electron chi connectivity index (χ0n) is 17.4. The van der Waals surface area contributed by atoms with Crippen molar-refractivity contribution < 1.29 is 17.5 Å². The number of likely N-dealkylation sites (tertiary alicyclic amines) is 1. The SMILES string of the molecule is O=S(=O)(Nc1nccs1)c1cc2c(cc1F)C(N1CCCCC1c1ccccc1)CCO2. The zero-order chi connectivity index (χ0) is 22.1. The summed E-state index contributed by atoms with van der Waals surface area (Å²) in [4.78, 5) is 5.93. The molecule has 1 fully saturated rings. The van der Waals surface area contributed by atoms with E-state index >= 15 is 4.39 Å². The number of halogens is 1. The van der Waals surface area contributed by atoms with Crippen molar-refractivity contribution in [3.8, 4) is 5.75 Å². The van der Waals surface area contributed by atoms with Gasteiger partial charge in [-0.3, -0.25) is 9.62 Å². The van der Waals surface area contributed by atoms with Gasteiger partial charge in [0.2, 0.25) is 0 Å². The van der Waals surface area contributed by atoms with Gasteiger partial charge in [-0.15, -0.1) is 11.3 Å². The Morgan fingerprint density at radius 3 is 2.75 bits per heavy atom. The lowest BCUT2D eigenvalue weighted by molar-refractivity contribution is 0.0665. The molecule has 2 aromatic carbocycles. The molecule has 168 valence electrons. The molecule has 3 aromatic rings. The van der Waals surface area contributed by atoms with Gasteiger partial charge in [-0.05, 0) is 31.0 Å². The lowest BCUT2D eigenvalue weighted by Gasteiger charge is -2.43. The van der Waals surface area contributed by atoms with Crippen molar-refractivity contribution >= 4 is 26.5 Å². The van der Waals surface area contributed by atoms with E-state index in [0.29, 0.717) is 17.9 Å². The Kier molecular flexibility index (Phi) is 5.88. The maximum atomic E-state index is 15.2. The van der Waals surface area contributed by atoms with Crippen molar-refractivity contribution in [3.63, 3.8) is 0 Å². The van der Waals surface area contributed by atoms with Gasteiger partial charge in [0.05, 0.1) is 6.61 Å². The summed E-state index contributed by atoms with van der Waals surface area (Å²) in [5, 5.41) is 1.84. The van der Waals surface area contributed by atoms with Crippen LogP contribution in [0.5, 0.6) is 5.75 Å². The van der Waals surface area contributed by atoms with E-state index < -0.39 is 20.7 Å². The van der Waals surface area contributed by atoms with Gasteiger partial charge in [0.15, 0.2) is 5.13 Å². The number of nitrogens with zero attached hydrogens (tertiary/aromatic N) is 2. The molecule has 0 aliphatic carbocycles. The molecule has 2 unspecified atom stereocenters. The number of rotatable bonds is 5. The third-order valence-corrected chi connectivity index (χ3v) is 8.32. The van der Waals surface area contributed by atoms with Crippen LogP contribution in [-0.4, -0.2) is 31.5 Å². The Balaban J connectivity index is 1.49. The third-order valence-electron chi connectivity index (χ3n) is 6.14. The number of aromatic nitrogens is 1. The summed E-state index contributed by atoms with van der Waals surface area (Å²) in [6.07, 6.45) is 5.51. The molecule has 0 radical (unpaired) electrons. The topological polar surface area (TPSA) is 71.5 Å². The standard InChI is InChI=1S/C23H24FN3O3S2/c24-18-14-17-20(27-11-5-4-8-19(27)16-6-2-1-3-7-16)9-12-30-21(17)15-22(18)32(28,29)26-23-25-10-13-31-23/h1-3,6-7,10,13-15,19-20H,4-5,8-9,11-12H2,(H,25,26). The normalized spacial score (nSPS) is 21.5. The molecular weight excluding hydrogens is 449 g/mol. The molecule has 1 N–H and O–H groups in total. The third kappa shape index (κ3) is 4.12. The van der Waals surface area contributed by atoms with E-state index in [4.69, 9.17) is 4.74 Å². The molecule has 3 heterocycles. The van der Waals surface area contributed by atoms with Gasteiger partial charge in [-0.1, -0.05) is 36.8 Å². The minimum atomic E-state index is -4.11. The first-order valence-corrected chi connectivity index (χ1v) is 13.1. The van der Waals surface area contributed by atoms with E-state index in [2.05, 4.69) is 26.7 Å². The summed E-state index contributed by atoms with van der Waals surface area (Å²) in [6.45, 7) is 1.37. The summed E-state index contributed by atoms with van der Waals surface area (Å²) in [6, 6.07) is 13.3. The van der Waals surface area contributed by atoms with Gasteiger partial charge >= 0.3 is 0 Å². The molecular formula is C23H24FN3O3S2. The van der Waals surface area contributed by atoms with Crippen LogP contribution in [0.25, 0.3) is 0 Å².